The van der Waals surface area contributed by atoms with Crippen LogP contribution >= 0.6 is 0 Å². The fourth-order valence-corrected chi connectivity index (χ4v) is 3.08. The highest BCUT2D eigenvalue weighted by Crippen LogP contribution is 2.37. The van der Waals surface area contributed by atoms with Crippen molar-refractivity contribution in [1.29, 1.82) is 0 Å². The first-order valence-electron chi connectivity index (χ1n) is 8.26. The van der Waals surface area contributed by atoms with Crippen molar-refractivity contribution < 1.29 is 10.2 Å². The zero-order valence-electron chi connectivity index (χ0n) is 13.5. The molecular formula is C22H22O2. The molecule has 0 aromatic heterocycles. The van der Waals surface area contributed by atoms with Crippen LogP contribution in [0, 0.1) is 0 Å². The van der Waals surface area contributed by atoms with E-state index in [0.717, 1.165) is 16.7 Å². The zero-order valence-corrected chi connectivity index (χ0v) is 13.5. The van der Waals surface area contributed by atoms with Crippen molar-refractivity contribution in [2.45, 2.75) is 24.5 Å². The summed E-state index contributed by atoms with van der Waals surface area (Å²) in [7, 11) is 0. The van der Waals surface area contributed by atoms with Crippen LogP contribution in [0.1, 0.15) is 41.2 Å². The number of hydrogen-bond acceptors (Lipinski definition) is 2. The number of hydrogen-bond donors (Lipinski definition) is 2. The van der Waals surface area contributed by atoms with E-state index in [9.17, 15) is 10.2 Å². The summed E-state index contributed by atoms with van der Waals surface area (Å²) in [5.74, 6) is -0.177. The van der Waals surface area contributed by atoms with Crippen molar-refractivity contribution in [3.63, 3.8) is 0 Å². The van der Waals surface area contributed by atoms with E-state index >= 15 is 0 Å². The molecule has 0 fully saturated rings. The third kappa shape index (κ3) is 3.91. The van der Waals surface area contributed by atoms with Crippen molar-refractivity contribution >= 4 is 0 Å². The summed E-state index contributed by atoms with van der Waals surface area (Å²) in [5, 5.41) is 21.6. The van der Waals surface area contributed by atoms with Crippen LogP contribution in [0.3, 0.4) is 0 Å². The third-order valence-corrected chi connectivity index (χ3v) is 4.41. The van der Waals surface area contributed by atoms with E-state index in [1.54, 1.807) is 0 Å². The summed E-state index contributed by atoms with van der Waals surface area (Å²) in [5.41, 5.74) is 2.77. The van der Waals surface area contributed by atoms with Crippen molar-refractivity contribution in [2.75, 3.05) is 0 Å². The van der Waals surface area contributed by atoms with E-state index in [2.05, 4.69) is 0 Å². The maximum absolute atomic E-state index is 10.9. The second-order valence-corrected chi connectivity index (χ2v) is 6.03. The number of aliphatic hydroxyl groups is 2. The van der Waals surface area contributed by atoms with E-state index in [1.807, 2.05) is 91.0 Å². The molecule has 0 aliphatic rings. The van der Waals surface area contributed by atoms with Gasteiger partial charge in [-0.25, -0.2) is 0 Å². The summed E-state index contributed by atoms with van der Waals surface area (Å²) in [6.07, 6.45) is -0.814. The Bertz CT molecular complexity index is 726. The van der Waals surface area contributed by atoms with Gasteiger partial charge in [0, 0.05) is 5.92 Å². The van der Waals surface area contributed by atoms with Gasteiger partial charge in [-0.1, -0.05) is 91.0 Å². The van der Waals surface area contributed by atoms with E-state index in [-0.39, 0.29) is 5.92 Å². The number of aliphatic hydroxyl groups excluding tert-OH is 2. The first kappa shape index (κ1) is 16.4. The Kier molecular flexibility index (Phi) is 5.42. The fourth-order valence-electron chi connectivity index (χ4n) is 3.08. The van der Waals surface area contributed by atoms with Crippen LogP contribution in [0.4, 0.5) is 0 Å². The van der Waals surface area contributed by atoms with Gasteiger partial charge in [-0.05, 0) is 23.1 Å². The molecule has 0 heterocycles. The molecule has 0 radical (unpaired) electrons. The Morgan fingerprint density at radius 1 is 0.542 bits per heavy atom. The van der Waals surface area contributed by atoms with Crippen LogP contribution in [-0.2, 0) is 0 Å². The lowest BCUT2D eigenvalue weighted by atomic mass is 9.83. The molecule has 3 atom stereocenters. The van der Waals surface area contributed by atoms with Crippen LogP contribution in [0.2, 0.25) is 0 Å². The molecule has 24 heavy (non-hydrogen) atoms. The highest BCUT2D eigenvalue weighted by Gasteiger charge is 2.26. The largest absolute Gasteiger partial charge is 0.388 e. The van der Waals surface area contributed by atoms with Gasteiger partial charge in [-0.3, -0.25) is 0 Å². The molecule has 0 amide bonds. The van der Waals surface area contributed by atoms with E-state index in [0.29, 0.717) is 6.42 Å². The molecular weight excluding hydrogens is 296 g/mol. The van der Waals surface area contributed by atoms with Crippen molar-refractivity contribution in [3.05, 3.63) is 108 Å². The van der Waals surface area contributed by atoms with Crippen LogP contribution < -0.4 is 0 Å². The Morgan fingerprint density at radius 3 is 1.46 bits per heavy atom. The van der Waals surface area contributed by atoms with E-state index in [1.165, 1.54) is 0 Å². The van der Waals surface area contributed by atoms with Crippen molar-refractivity contribution in [3.8, 4) is 0 Å². The standard InChI is InChI=1S/C22H22O2/c23-21(18-12-6-2-7-13-18)16-20(17-10-4-1-5-11-17)22(24)19-14-8-3-9-15-19/h1-15,20-24H,16H2. The minimum atomic E-state index is -0.660. The minimum Gasteiger partial charge on any atom is -0.388 e. The Hall–Kier alpha value is -2.42. The van der Waals surface area contributed by atoms with Crippen molar-refractivity contribution in [1.82, 2.24) is 0 Å². The van der Waals surface area contributed by atoms with Crippen LogP contribution in [0.5, 0.6) is 0 Å². The summed E-state index contributed by atoms with van der Waals surface area (Å²) in [4.78, 5) is 0. The molecule has 0 saturated carbocycles. The lowest BCUT2D eigenvalue weighted by Crippen LogP contribution is -2.15. The first-order chi connectivity index (χ1) is 11.8. The third-order valence-electron chi connectivity index (χ3n) is 4.41. The molecule has 3 aromatic rings. The summed E-state index contributed by atoms with van der Waals surface area (Å²) < 4.78 is 0. The Morgan fingerprint density at radius 2 is 0.958 bits per heavy atom. The molecule has 0 saturated heterocycles. The Labute approximate surface area is 143 Å². The van der Waals surface area contributed by atoms with Gasteiger partial charge >= 0.3 is 0 Å². The molecule has 0 aliphatic carbocycles. The van der Waals surface area contributed by atoms with Gasteiger partial charge < -0.3 is 10.2 Å². The second-order valence-electron chi connectivity index (χ2n) is 6.03. The number of rotatable bonds is 6. The molecule has 122 valence electrons. The predicted molar refractivity (Wildman–Crippen MR) is 96.6 cm³/mol. The summed E-state index contributed by atoms with van der Waals surface area (Å²) in [6.45, 7) is 0. The molecule has 3 rings (SSSR count). The van der Waals surface area contributed by atoms with Gasteiger partial charge in [0.05, 0.1) is 12.2 Å². The SMILES string of the molecule is OC(CC(c1ccccc1)C(O)c1ccccc1)c1ccccc1. The molecule has 0 bridgehead atoms. The molecule has 2 N–H and O–H groups in total. The highest BCUT2D eigenvalue weighted by molar-refractivity contribution is 5.28. The second kappa shape index (κ2) is 7.91. The van der Waals surface area contributed by atoms with Gasteiger partial charge in [0.15, 0.2) is 0 Å². The smallest absolute Gasteiger partial charge is 0.0859 e. The normalized spacial score (nSPS) is 14.8. The highest BCUT2D eigenvalue weighted by atomic mass is 16.3. The van der Waals surface area contributed by atoms with Crippen molar-refractivity contribution in [2.24, 2.45) is 0 Å². The molecule has 0 aliphatic heterocycles. The predicted octanol–water partition coefficient (Wildman–Crippen LogP) is 4.63. The monoisotopic (exact) mass is 318 g/mol. The minimum absolute atomic E-state index is 0.177. The van der Waals surface area contributed by atoms with Gasteiger partial charge in [0.2, 0.25) is 0 Å². The van der Waals surface area contributed by atoms with Gasteiger partial charge in [0.1, 0.15) is 0 Å². The van der Waals surface area contributed by atoms with Crippen LogP contribution in [0.25, 0.3) is 0 Å². The average molecular weight is 318 g/mol. The van der Waals surface area contributed by atoms with Crippen LogP contribution in [0.15, 0.2) is 91.0 Å². The maximum atomic E-state index is 10.9. The number of benzene rings is 3. The lowest BCUT2D eigenvalue weighted by Gasteiger charge is -2.26. The molecule has 3 unspecified atom stereocenters. The zero-order chi connectivity index (χ0) is 16.8. The quantitative estimate of drug-likeness (QED) is 0.696. The topological polar surface area (TPSA) is 40.5 Å². The summed E-state index contributed by atoms with van der Waals surface area (Å²) >= 11 is 0. The van der Waals surface area contributed by atoms with Gasteiger partial charge in [-0.2, -0.15) is 0 Å². The Balaban J connectivity index is 1.88. The fraction of sp³-hybridized carbons (Fsp3) is 0.182. The molecule has 2 nitrogen and oxygen atoms in total. The molecule has 2 heteroatoms. The first-order valence-corrected chi connectivity index (χ1v) is 8.26. The van der Waals surface area contributed by atoms with E-state index < -0.39 is 12.2 Å². The van der Waals surface area contributed by atoms with Gasteiger partial charge in [-0.15, -0.1) is 0 Å². The molecule has 0 spiro atoms. The lowest BCUT2D eigenvalue weighted by molar-refractivity contribution is 0.0934. The maximum Gasteiger partial charge on any atom is 0.0859 e. The van der Waals surface area contributed by atoms with E-state index in [4.69, 9.17) is 0 Å². The average Bonchev–Trinajstić information content (AvgIpc) is 2.67. The van der Waals surface area contributed by atoms with Gasteiger partial charge in [0.25, 0.3) is 0 Å². The van der Waals surface area contributed by atoms with Crippen LogP contribution in [-0.4, -0.2) is 10.2 Å². The summed E-state index contributed by atoms with van der Waals surface area (Å²) in [6, 6.07) is 29.2. The molecule has 3 aromatic carbocycles.